The fourth-order valence-electron chi connectivity index (χ4n) is 2.15. The molecule has 0 saturated heterocycles. The van der Waals surface area contributed by atoms with Gasteiger partial charge in [-0.2, -0.15) is 0 Å². The summed E-state index contributed by atoms with van der Waals surface area (Å²) in [5.41, 5.74) is 0.968. The number of benzene rings is 2. The summed E-state index contributed by atoms with van der Waals surface area (Å²) in [6.07, 6.45) is 2.06. The van der Waals surface area contributed by atoms with Crippen molar-refractivity contribution in [3.63, 3.8) is 0 Å². The number of likely N-dealkylation sites (N-methyl/N-ethyl adjacent to an activating group) is 1. The Labute approximate surface area is 130 Å². The summed E-state index contributed by atoms with van der Waals surface area (Å²) in [6.45, 7) is 1.06. The highest BCUT2D eigenvalue weighted by molar-refractivity contribution is 5.65. The predicted octanol–water partition coefficient (Wildman–Crippen LogP) is 3.40. The molecule has 0 aliphatic carbocycles. The second kappa shape index (κ2) is 6.54. The average molecular weight is 297 g/mol. The molecule has 0 unspecified atom stereocenters. The van der Waals surface area contributed by atoms with E-state index in [9.17, 15) is 0 Å². The van der Waals surface area contributed by atoms with Crippen LogP contribution in [-0.4, -0.2) is 32.3 Å². The van der Waals surface area contributed by atoms with Gasteiger partial charge in [-0.25, -0.2) is 0 Å². The van der Waals surface area contributed by atoms with Gasteiger partial charge in [0.05, 0.1) is 0 Å². The van der Waals surface area contributed by atoms with Gasteiger partial charge in [-0.05, 0) is 50.5 Å². The molecule has 0 bridgehead atoms. The highest BCUT2D eigenvalue weighted by Crippen LogP contribution is 2.35. The Kier molecular flexibility index (Phi) is 4.30. The Hall–Kier alpha value is -2.46. The second-order valence-electron chi connectivity index (χ2n) is 5.31. The first-order valence-electron chi connectivity index (χ1n) is 7.20. The van der Waals surface area contributed by atoms with Crippen LogP contribution in [0.5, 0.6) is 17.2 Å². The third-order valence-corrected chi connectivity index (χ3v) is 3.27. The van der Waals surface area contributed by atoms with Crippen molar-refractivity contribution in [2.24, 2.45) is 0 Å². The smallest absolute Gasteiger partial charge is 0.231 e. The van der Waals surface area contributed by atoms with E-state index in [-0.39, 0.29) is 6.79 Å². The van der Waals surface area contributed by atoms with Crippen LogP contribution in [0.3, 0.4) is 0 Å². The van der Waals surface area contributed by atoms with E-state index in [4.69, 9.17) is 14.2 Å². The lowest BCUT2D eigenvalue weighted by Crippen LogP contribution is -2.12. The van der Waals surface area contributed by atoms with Crippen LogP contribution in [0.25, 0.3) is 5.76 Å². The minimum atomic E-state index is 0.273. The maximum Gasteiger partial charge on any atom is 0.231 e. The molecule has 0 fully saturated rings. The van der Waals surface area contributed by atoms with Crippen molar-refractivity contribution in [2.45, 2.75) is 0 Å². The fraction of sp³-hybridized carbons (Fsp3) is 0.222. The fourth-order valence-corrected chi connectivity index (χ4v) is 2.15. The van der Waals surface area contributed by atoms with E-state index in [1.165, 1.54) is 0 Å². The summed E-state index contributed by atoms with van der Waals surface area (Å²) in [7, 11) is 4.05. The van der Waals surface area contributed by atoms with Gasteiger partial charge in [0, 0.05) is 12.1 Å². The molecule has 22 heavy (non-hydrogen) atoms. The molecule has 114 valence electrons. The van der Waals surface area contributed by atoms with E-state index in [0.717, 1.165) is 35.1 Å². The van der Waals surface area contributed by atoms with Crippen molar-refractivity contribution in [3.05, 3.63) is 60.2 Å². The Balaban J connectivity index is 1.89. The molecule has 1 heterocycles. The van der Waals surface area contributed by atoms with E-state index in [2.05, 4.69) is 11.0 Å². The first-order chi connectivity index (χ1) is 10.7. The molecule has 0 N–H and O–H groups in total. The van der Waals surface area contributed by atoms with Crippen molar-refractivity contribution < 1.29 is 14.2 Å². The highest BCUT2D eigenvalue weighted by Gasteiger charge is 2.15. The largest absolute Gasteiger partial charge is 0.457 e. The van der Waals surface area contributed by atoms with Crippen molar-refractivity contribution in [1.82, 2.24) is 4.90 Å². The third-order valence-electron chi connectivity index (χ3n) is 3.27. The zero-order chi connectivity index (χ0) is 15.4. The van der Waals surface area contributed by atoms with Crippen LogP contribution in [0.2, 0.25) is 0 Å². The summed E-state index contributed by atoms with van der Waals surface area (Å²) in [6, 6.07) is 15.6. The third kappa shape index (κ3) is 3.40. The van der Waals surface area contributed by atoms with Crippen LogP contribution in [0, 0.1) is 0 Å². The lowest BCUT2D eigenvalue weighted by Gasteiger charge is -2.13. The van der Waals surface area contributed by atoms with Gasteiger partial charge in [-0.3, -0.25) is 0 Å². The van der Waals surface area contributed by atoms with Crippen LogP contribution in [0.15, 0.2) is 54.6 Å². The zero-order valence-electron chi connectivity index (χ0n) is 12.8. The van der Waals surface area contributed by atoms with Crippen molar-refractivity contribution in [3.8, 4) is 17.2 Å². The number of hydrogen-bond donors (Lipinski definition) is 0. The minimum Gasteiger partial charge on any atom is -0.457 e. The molecule has 1 aliphatic heterocycles. The van der Waals surface area contributed by atoms with Crippen LogP contribution in [0.4, 0.5) is 0 Å². The summed E-state index contributed by atoms with van der Waals surface area (Å²) < 4.78 is 16.9. The number of para-hydroxylation sites is 1. The quantitative estimate of drug-likeness (QED) is 0.792. The molecular weight excluding hydrogens is 278 g/mol. The molecule has 3 rings (SSSR count). The molecule has 2 aromatic carbocycles. The van der Waals surface area contributed by atoms with Gasteiger partial charge >= 0.3 is 0 Å². The highest BCUT2D eigenvalue weighted by atomic mass is 16.7. The number of hydrogen-bond acceptors (Lipinski definition) is 4. The number of fused-ring (bicyclic) bond motifs is 1. The van der Waals surface area contributed by atoms with Crippen LogP contribution < -0.4 is 14.2 Å². The van der Waals surface area contributed by atoms with Crippen LogP contribution in [0.1, 0.15) is 5.56 Å². The summed E-state index contributed by atoms with van der Waals surface area (Å²) >= 11 is 0. The van der Waals surface area contributed by atoms with Crippen molar-refractivity contribution in [1.29, 1.82) is 0 Å². The second-order valence-corrected chi connectivity index (χ2v) is 5.31. The molecule has 0 atom stereocenters. The van der Waals surface area contributed by atoms with Gasteiger partial charge in [0.25, 0.3) is 0 Å². The maximum absolute atomic E-state index is 6.05. The lowest BCUT2D eigenvalue weighted by atomic mass is 10.1. The van der Waals surface area contributed by atoms with Gasteiger partial charge in [0.1, 0.15) is 11.5 Å². The topological polar surface area (TPSA) is 30.9 Å². The van der Waals surface area contributed by atoms with E-state index in [1.807, 2.05) is 62.6 Å². The van der Waals surface area contributed by atoms with E-state index in [0.29, 0.717) is 0 Å². The number of rotatable bonds is 5. The van der Waals surface area contributed by atoms with Gasteiger partial charge in [0.2, 0.25) is 6.79 Å². The number of nitrogens with zero attached hydrogens (tertiary/aromatic N) is 1. The summed E-state index contributed by atoms with van der Waals surface area (Å²) in [5, 5.41) is 0. The minimum absolute atomic E-state index is 0.273. The molecular formula is C18H19NO3. The average Bonchev–Trinajstić information content (AvgIpc) is 2.99. The van der Waals surface area contributed by atoms with Crippen molar-refractivity contribution >= 4 is 5.76 Å². The Morgan fingerprint density at radius 3 is 2.64 bits per heavy atom. The summed E-state index contributed by atoms with van der Waals surface area (Å²) in [4.78, 5) is 2.08. The predicted molar refractivity (Wildman–Crippen MR) is 86.2 cm³/mol. The normalized spacial score (nSPS) is 13.5. The molecule has 0 amide bonds. The van der Waals surface area contributed by atoms with Crippen molar-refractivity contribution in [2.75, 3.05) is 27.4 Å². The zero-order valence-corrected chi connectivity index (χ0v) is 12.8. The molecule has 0 radical (unpaired) electrons. The van der Waals surface area contributed by atoms with Gasteiger partial charge in [-0.15, -0.1) is 0 Å². The molecule has 1 aliphatic rings. The molecule has 4 heteroatoms. The Morgan fingerprint density at radius 1 is 1.09 bits per heavy atom. The first kappa shape index (κ1) is 14.5. The van der Waals surface area contributed by atoms with E-state index < -0.39 is 0 Å². The van der Waals surface area contributed by atoms with Gasteiger partial charge in [-0.1, -0.05) is 18.2 Å². The monoisotopic (exact) mass is 297 g/mol. The van der Waals surface area contributed by atoms with Crippen LogP contribution in [-0.2, 0) is 0 Å². The summed E-state index contributed by atoms with van der Waals surface area (Å²) in [5.74, 6) is 3.14. The Bertz CT molecular complexity index is 665. The lowest BCUT2D eigenvalue weighted by molar-refractivity contribution is 0.174. The van der Waals surface area contributed by atoms with Gasteiger partial charge in [0.15, 0.2) is 11.5 Å². The molecule has 0 aromatic heterocycles. The van der Waals surface area contributed by atoms with Gasteiger partial charge < -0.3 is 19.1 Å². The first-order valence-corrected chi connectivity index (χ1v) is 7.20. The van der Waals surface area contributed by atoms with E-state index >= 15 is 0 Å². The maximum atomic E-state index is 6.05. The van der Waals surface area contributed by atoms with E-state index in [1.54, 1.807) is 0 Å². The standard InChI is InChI=1S/C18H19NO3/c1-19(2)11-10-16(22-15-6-4-3-5-7-15)14-8-9-17-18(12-14)21-13-20-17/h3-10,12H,11,13H2,1-2H3. The SMILES string of the molecule is CN(C)CC=C(Oc1ccccc1)c1ccc2c(c1)OCO2. The number of ether oxygens (including phenoxy) is 3. The Morgan fingerprint density at radius 2 is 1.86 bits per heavy atom. The molecule has 4 nitrogen and oxygen atoms in total. The molecule has 2 aromatic rings. The van der Waals surface area contributed by atoms with Crippen LogP contribution >= 0.6 is 0 Å². The molecule has 0 saturated carbocycles. The molecule has 0 spiro atoms.